The van der Waals surface area contributed by atoms with Crippen molar-refractivity contribution < 1.29 is 4.74 Å². The molecule has 0 aromatic carbocycles. The van der Waals surface area contributed by atoms with Gasteiger partial charge in [0, 0.05) is 29.4 Å². The fraction of sp³-hybridized carbons (Fsp3) is 0.429. The van der Waals surface area contributed by atoms with Crippen molar-refractivity contribution in [2.75, 3.05) is 20.2 Å². The lowest BCUT2D eigenvalue weighted by molar-refractivity contribution is 0.398. The van der Waals surface area contributed by atoms with E-state index < -0.39 is 0 Å². The van der Waals surface area contributed by atoms with Gasteiger partial charge in [-0.15, -0.1) is 0 Å². The number of aromatic nitrogens is 3. The summed E-state index contributed by atoms with van der Waals surface area (Å²) in [5.74, 6) is 1.21. The fourth-order valence-corrected chi connectivity index (χ4v) is 2.48. The van der Waals surface area contributed by atoms with Crippen molar-refractivity contribution in [3.05, 3.63) is 30.1 Å². The minimum atomic E-state index is 0.591. The molecule has 0 aliphatic carbocycles. The van der Waals surface area contributed by atoms with Crippen LogP contribution in [-0.4, -0.2) is 35.4 Å². The van der Waals surface area contributed by atoms with Crippen LogP contribution in [0.3, 0.4) is 0 Å². The van der Waals surface area contributed by atoms with Gasteiger partial charge >= 0.3 is 0 Å². The van der Waals surface area contributed by atoms with Crippen LogP contribution in [0.1, 0.15) is 24.5 Å². The molecule has 5 nitrogen and oxygen atoms in total. The third kappa shape index (κ3) is 2.61. The van der Waals surface area contributed by atoms with Crippen LogP contribution >= 0.6 is 0 Å². The zero-order chi connectivity index (χ0) is 13.1. The molecule has 0 amide bonds. The van der Waals surface area contributed by atoms with Gasteiger partial charge in [0.15, 0.2) is 0 Å². The van der Waals surface area contributed by atoms with Gasteiger partial charge in [0.1, 0.15) is 0 Å². The monoisotopic (exact) mass is 258 g/mol. The van der Waals surface area contributed by atoms with Crippen molar-refractivity contribution in [3.63, 3.8) is 0 Å². The van der Waals surface area contributed by atoms with Gasteiger partial charge < -0.3 is 10.1 Å². The Morgan fingerprint density at radius 1 is 1.26 bits per heavy atom. The van der Waals surface area contributed by atoms with Crippen molar-refractivity contribution in [1.82, 2.24) is 20.5 Å². The van der Waals surface area contributed by atoms with Gasteiger partial charge in [-0.3, -0.25) is 5.10 Å². The van der Waals surface area contributed by atoms with E-state index in [-0.39, 0.29) is 0 Å². The maximum Gasteiger partial charge on any atom is 0.212 e. The normalized spacial score (nSPS) is 16.5. The second-order valence-corrected chi connectivity index (χ2v) is 4.82. The van der Waals surface area contributed by atoms with Crippen LogP contribution in [0.25, 0.3) is 11.3 Å². The Balaban J connectivity index is 1.79. The number of hydrogen-bond acceptors (Lipinski definition) is 4. The Hall–Kier alpha value is -1.88. The van der Waals surface area contributed by atoms with Crippen molar-refractivity contribution in [2.45, 2.75) is 18.8 Å². The number of H-pyrrole nitrogens is 1. The van der Waals surface area contributed by atoms with E-state index in [1.165, 1.54) is 18.5 Å². The van der Waals surface area contributed by atoms with Crippen LogP contribution in [-0.2, 0) is 0 Å². The first-order valence-corrected chi connectivity index (χ1v) is 6.63. The molecule has 0 atom stereocenters. The van der Waals surface area contributed by atoms with Crippen molar-refractivity contribution in [2.24, 2.45) is 0 Å². The lowest BCUT2D eigenvalue weighted by Gasteiger charge is -2.20. The molecule has 1 aliphatic heterocycles. The van der Waals surface area contributed by atoms with Crippen LogP contribution in [0.4, 0.5) is 0 Å². The molecule has 0 spiro atoms. The van der Waals surface area contributed by atoms with Gasteiger partial charge in [0.25, 0.3) is 0 Å². The Labute approximate surface area is 112 Å². The average molecular weight is 258 g/mol. The first kappa shape index (κ1) is 12.2. The number of aromatic amines is 1. The van der Waals surface area contributed by atoms with Crippen molar-refractivity contribution >= 4 is 0 Å². The van der Waals surface area contributed by atoms with E-state index in [1.807, 2.05) is 12.1 Å². The molecule has 100 valence electrons. The quantitative estimate of drug-likeness (QED) is 0.883. The lowest BCUT2D eigenvalue weighted by atomic mass is 9.94. The average Bonchev–Trinajstić information content (AvgIpc) is 2.98. The molecule has 2 N–H and O–H groups in total. The summed E-state index contributed by atoms with van der Waals surface area (Å²) in [5.41, 5.74) is 3.19. The molecular formula is C14H18N4O. The summed E-state index contributed by atoms with van der Waals surface area (Å²) in [7, 11) is 1.62. The van der Waals surface area contributed by atoms with Crippen LogP contribution in [0.2, 0.25) is 0 Å². The molecule has 2 aromatic rings. The highest BCUT2D eigenvalue weighted by atomic mass is 16.5. The molecule has 2 aromatic heterocycles. The molecule has 0 bridgehead atoms. The maximum atomic E-state index is 5.06. The van der Waals surface area contributed by atoms with Gasteiger partial charge in [0.05, 0.1) is 12.8 Å². The summed E-state index contributed by atoms with van der Waals surface area (Å²) in [6.07, 6.45) is 4.13. The molecule has 0 radical (unpaired) electrons. The number of nitrogens with one attached hydrogen (secondary N) is 2. The largest absolute Gasteiger partial charge is 0.481 e. The minimum absolute atomic E-state index is 0.591. The predicted molar refractivity (Wildman–Crippen MR) is 73.2 cm³/mol. The second-order valence-electron chi connectivity index (χ2n) is 4.82. The standard InChI is InChI=1S/C14H18N4O/c1-19-14-3-2-11(9-16-14)13-8-12(17-18-13)10-4-6-15-7-5-10/h2-3,8-10,15H,4-7H2,1H3,(H,17,18). The molecule has 5 heteroatoms. The second kappa shape index (κ2) is 5.40. The molecule has 3 rings (SSSR count). The van der Waals surface area contributed by atoms with E-state index in [0.29, 0.717) is 11.8 Å². The summed E-state index contributed by atoms with van der Waals surface area (Å²) >= 11 is 0. The van der Waals surface area contributed by atoms with Gasteiger partial charge in [-0.05, 0) is 38.1 Å². The third-order valence-corrected chi connectivity index (χ3v) is 3.62. The van der Waals surface area contributed by atoms with E-state index in [4.69, 9.17) is 4.74 Å². The van der Waals surface area contributed by atoms with Crippen LogP contribution < -0.4 is 10.1 Å². The van der Waals surface area contributed by atoms with E-state index in [2.05, 4.69) is 26.6 Å². The summed E-state index contributed by atoms with van der Waals surface area (Å²) in [5, 5.41) is 10.9. The maximum absolute atomic E-state index is 5.06. The van der Waals surface area contributed by atoms with Crippen molar-refractivity contribution in [3.8, 4) is 17.1 Å². The number of nitrogens with zero attached hydrogens (tertiary/aromatic N) is 2. The fourth-order valence-electron chi connectivity index (χ4n) is 2.48. The van der Waals surface area contributed by atoms with E-state index in [1.54, 1.807) is 13.3 Å². The number of pyridine rings is 1. The van der Waals surface area contributed by atoms with E-state index in [0.717, 1.165) is 24.3 Å². The number of rotatable bonds is 3. The molecule has 3 heterocycles. The zero-order valence-electron chi connectivity index (χ0n) is 11.0. The minimum Gasteiger partial charge on any atom is -0.481 e. The SMILES string of the molecule is COc1ccc(-c2cc(C3CCNCC3)[nH]n2)cn1. The molecule has 0 unspecified atom stereocenters. The smallest absolute Gasteiger partial charge is 0.212 e. The van der Waals surface area contributed by atoms with Crippen LogP contribution in [0, 0.1) is 0 Å². The Morgan fingerprint density at radius 3 is 2.79 bits per heavy atom. The summed E-state index contributed by atoms with van der Waals surface area (Å²) in [6, 6.07) is 5.97. The van der Waals surface area contributed by atoms with Gasteiger partial charge in [-0.1, -0.05) is 0 Å². The predicted octanol–water partition coefficient (Wildman–Crippen LogP) is 1.95. The third-order valence-electron chi connectivity index (χ3n) is 3.62. The summed E-state index contributed by atoms with van der Waals surface area (Å²) in [4.78, 5) is 4.21. The Bertz CT molecular complexity index is 529. The topological polar surface area (TPSA) is 62.8 Å². The first-order chi connectivity index (χ1) is 9.36. The molecule has 0 saturated carbocycles. The highest BCUT2D eigenvalue weighted by molar-refractivity contribution is 5.58. The highest BCUT2D eigenvalue weighted by Crippen LogP contribution is 2.27. The van der Waals surface area contributed by atoms with Crippen LogP contribution in [0.5, 0.6) is 5.88 Å². The molecule has 1 saturated heterocycles. The number of methoxy groups -OCH3 is 1. The molecule has 1 aliphatic rings. The van der Waals surface area contributed by atoms with Gasteiger partial charge in [-0.25, -0.2) is 4.98 Å². The van der Waals surface area contributed by atoms with Gasteiger partial charge in [-0.2, -0.15) is 5.10 Å². The molecule has 19 heavy (non-hydrogen) atoms. The highest BCUT2D eigenvalue weighted by Gasteiger charge is 2.17. The molecule has 1 fully saturated rings. The van der Waals surface area contributed by atoms with E-state index in [9.17, 15) is 0 Å². The van der Waals surface area contributed by atoms with Gasteiger partial charge in [0.2, 0.25) is 5.88 Å². The summed E-state index contributed by atoms with van der Waals surface area (Å²) < 4.78 is 5.06. The zero-order valence-corrected chi connectivity index (χ0v) is 11.0. The Kier molecular flexibility index (Phi) is 3.46. The summed E-state index contributed by atoms with van der Waals surface area (Å²) in [6.45, 7) is 2.17. The number of hydrogen-bond donors (Lipinski definition) is 2. The number of ether oxygens (including phenoxy) is 1. The lowest BCUT2D eigenvalue weighted by Crippen LogP contribution is -2.26. The number of piperidine rings is 1. The Morgan fingerprint density at radius 2 is 2.11 bits per heavy atom. The molecular weight excluding hydrogens is 240 g/mol. The first-order valence-electron chi connectivity index (χ1n) is 6.63. The van der Waals surface area contributed by atoms with Crippen LogP contribution in [0.15, 0.2) is 24.4 Å². The van der Waals surface area contributed by atoms with E-state index >= 15 is 0 Å². The van der Waals surface area contributed by atoms with Crippen molar-refractivity contribution in [1.29, 1.82) is 0 Å².